The number of hydrogen-bond donors (Lipinski definition) is 2. The fourth-order valence-corrected chi connectivity index (χ4v) is 4.33. The highest BCUT2D eigenvalue weighted by atomic mass is 16.6. The van der Waals surface area contributed by atoms with Gasteiger partial charge >= 0.3 is 5.97 Å². The molecule has 39 heavy (non-hydrogen) atoms. The third-order valence-electron chi connectivity index (χ3n) is 6.20. The number of ether oxygens (including phenoxy) is 1. The van der Waals surface area contributed by atoms with Crippen LogP contribution in [0.4, 0.5) is 5.69 Å². The van der Waals surface area contributed by atoms with Gasteiger partial charge in [-0.25, -0.2) is 4.98 Å². The SMILES string of the molecule is C=CC(=O)Nc1cncc(-c2cnc3c(c2)c(-c2cccc(C#N)c2)cn3C(C)OC(=O)C(N)CC(C)C)c1. The molecule has 0 saturated heterocycles. The molecule has 4 rings (SSSR count). The summed E-state index contributed by atoms with van der Waals surface area (Å²) in [6, 6.07) is 12.5. The highest BCUT2D eigenvalue weighted by Gasteiger charge is 2.23. The van der Waals surface area contributed by atoms with Gasteiger partial charge in [0.15, 0.2) is 6.23 Å². The number of aromatic nitrogens is 3. The summed E-state index contributed by atoms with van der Waals surface area (Å²) in [6.45, 7) is 9.24. The minimum atomic E-state index is -0.720. The highest BCUT2D eigenvalue weighted by Crippen LogP contribution is 2.35. The van der Waals surface area contributed by atoms with E-state index in [1.165, 1.54) is 6.08 Å². The van der Waals surface area contributed by atoms with Crippen molar-refractivity contribution in [2.45, 2.75) is 39.5 Å². The van der Waals surface area contributed by atoms with E-state index >= 15 is 0 Å². The zero-order valence-electron chi connectivity index (χ0n) is 22.1. The fraction of sp³-hybridized carbons (Fsp3) is 0.233. The van der Waals surface area contributed by atoms with Crippen LogP contribution in [0.15, 0.2) is 73.8 Å². The van der Waals surface area contributed by atoms with E-state index in [4.69, 9.17) is 15.5 Å². The zero-order chi connectivity index (χ0) is 28.1. The van der Waals surface area contributed by atoms with Gasteiger partial charge in [-0.15, -0.1) is 0 Å². The molecule has 0 aliphatic heterocycles. The lowest BCUT2D eigenvalue weighted by atomic mass is 10.0. The van der Waals surface area contributed by atoms with E-state index in [1.54, 1.807) is 48.3 Å². The normalized spacial score (nSPS) is 12.5. The van der Waals surface area contributed by atoms with Crippen LogP contribution in [0.2, 0.25) is 0 Å². The number of anilines is 1. The number of rotatable bonds is 9. The van der Waals surface area contributed by atoms with E-state index in [0.717, 1.165) is 27.6 Å². The number of nitriles is 1. The van der Waals surface area contributed by atoms with Gasteiger partial charge in [-0.2, -0.15) is 5.26 Å². The molecular formula is C30H30N6O3. The summed E-state index contributed by atoms with van der Waals surface area (Å²) in [5, 5.41) is 13.0. The molecule has 1 aromatic carbocycles. The Morgan fingerprint density at radius 2 is 1.92 bits per heavy atom. The molecule has 4 aromatic rings. The molecule has 9 heteroatoms. The molecule has 3 aromatic heterocycles. The second-order valence-electron chi connectivity index (χ2n) is 9.67. The van der Waals surface area contributed by atoms with E-state index in [9.17, 15) is 14.9 Å². The van der Waals surface area contributed by atoms with Crippen molar-refractivity contribution >= 4 is 28.6 Å². The second kappa shape index (κ2) is 11.7. The molecule has 0 fully saturated rings. The molecule has 0 aliphatic rings. The maximum absolute atomic E-state index is 12.7. The van der Waals surface area contributed by atoms with Crippen LogP contribution in [-0.2, 0) is 14.3 Å². The molecule has 0 radical (unpaired) electrons. The lowest BCUT2D eigenvalue weighted by Crippen LogP contribution is -2.34. The lowest BCUT2D eigenvalue weighted by Gasteiger charge is -2.19. The smallest absolute Gasteiger partial charge is 0.324 e. The van der Waals surface area contributed by atoms with Crippen LogP contribution in [0.25, 0.3) is 33.3 Å². The molecule has 0 saturated carbocycles. The number of carbonyl (C=O) groups excluding carboxylic acids is 2. The van der Waals surface area contributed by atoms with Crippen LogP contribution in [-0.4, -0.2) is 32.5 Å². The Kier molecular flexibility index (Phi) is 8.18. The quantitative estimate of drug-likeness (QED) is 0.228. The average molecular weight is 523 g/mol. The predicted molar refractivity (Wildman–Crippen MR) is 150 cm³/mol. The summed E-state index contributed by atoms with van der Waals surface area (Å²) in [6.07, 6.45) is 7.82. The Bertz CT molecular complexity index is 1580. The largest absolute Gasteiger partial charge is 0.440 e. The zero-order valence-corrected chi connectivity index (χ0v) is 22.1. The standard InChI is InChI=1S/C30H30N6O3/c1-5-28(37)35-24-11-22(14-33-16-24)23-12-25-26(21-8-6-7-20(10-21)13-31)17-36(29(25)34-15-23)19(4)39-30(38)27(32)9-18(2)3/h5-8,10-12,14-19,27H,1,9,32H2,2-4H3,(H,35,37). The van der Waals surface area contributed by atoms with Crippen molar-refractivity contribution < 1.29 is 14.3 Å². The molecule has 198 valence electrons. The van der Waals surface area contributed by atoms with Crippen molar-refractivity contribution in [3.8, 4) is 28.3 Å². The van der Waals surface area contributed by atoms with Crippen molar-refractivity contribution in [3.05, 3.63) is 79.4 Å². The van der Waals surface area contributed by atoms with Gasteiger partial charge in [-0.05, 0) is 55.2 Å². The Morgan fingerprint density at radius 3 is 2.64 bits per heavy atom. The minimum Gasteiger partial charge on any atom is -0.440 e. The number of nitrogens with zero attached hydrogens (tertiary/aromatic N) is 4. The first-order chi connectivity index (χ1) is 18.7. The van der Waals surface area contributed by atoms with Gasteiger partial charge in [0, 0.05) is 40.7 Å². The molecule has 0 spiro atoms. The number of amides is 1. The monoisotopic (exact) mass is 522 g/mol. The van der Waals surface area contributed by atoms with Crippen LogP contribution in [0, 0.1) is 17.2 Å². The van der Waals surface area contributed by atoms with Crippen molar-refractivity contribution in [1.82, 2.24) is 14.5 Å². The summed E-state index contributed by atoms with van der Waals surface area (Å²) in [7, 11) is 0. The topological polar surface area (TPSA) is 136 Å². The van der Waals surface area contributed by atoms with E-state index in [0.29, 0.717) is 23.3 Å². The number of fused-ring (bicyclic) bond motifs is 1. The van der Waals surface area contributed by atoms with Crippen LogP contribution >= 0.6 is 0 Å². The third kappa shape index (κ3) is 6.20. The second-order valence-corrected chi connectivity index (χ2v) is 9.67. The Balaban J connectivity index is 1.79. The van der Waals surface area contributed by atoms with Gasteiger partial charge in [-0.3, -0.25) is 19.1 Å². The first kappa shape index (κ1) is 27.2. The average Bonchev–Trinajstić information content (AvgIpc) is 3.32. The first-order valence-electron chi connectivity index (χ1n) is 12.6. The van der Waals surface area contributed by atoms with Crippen molar-refractivity contribution in [2.24, 2.45) is 11.7 Å². The van der Waals surface area contributed by atoms with E-state index in [2.05, 4.69) is 22.9 Å². The minimum absolute atomic E-state index is 0.257. The number of benzene rings is 1. The first-order valence-corrected chi connectivity index (χ1v) is 12.6. The van der Waals surface area contributed by atoms with Crippen LogP contribution in [0.3, 0.4) is 0 Å². The molecule has 2 atom stereocenters. The van der Waals surface area contributed by atoms with Crippen LogP contribution < -0.4 is 11.1 Å². The number of hydrogen-bond acceptors (Lipinski definition) is 7. The van der Waals surface area contributed by atoms with Gasteiger partial charge in [0.05, 0.1) is 23.5 Å². The lowest BCUT2D eigenvalue weighted by molar-refractivity contribution is -0.154. The summed E-state index contributed by atoms with van der Waals surface area (Å²) in [4.78, 5) is 33.4. The fourth-order valence-electron chi connectivity index (χ4n) is 4.33. The third-order valence-corrected chi connectivity index (χ3v) is 6.20. The number of nitrogens with two attached hydrogens (primary N) is 1. The molecule has 0 aliphatic carbocycles. The molecule has 3 N–H and O–H groups in total. The molecular weight excluding hydrogens is 492 g/mol. The molecule has 3 heterocycles. The van der Waals surface area contributed by atoms with Crippen molar-refractivity contribution in [2.75, 3.05) is 5.32 Å². The molecule has 1 amide bonds. The maximum atomic E-state index is 12.7. The number of carbonyl (C=O) groups is 2. The summed E-state index contributed by atoms with van der Waals surface area (Å²) in [5.41, 5.74) is 10.8. The van der Waals surface area contributed by atoms with Crippen molar-refractivity contribution in [1.29, 1.82) is 5.26 Å². The predicted octanol–water partition coefficient (Wildman–Crippen LogP) is 5.20. The maximum Gasteiger partial charge on any atom is 0.324 e. The summed E-state index contributed by atoms with van der Waals surface area (Å²) in [5.74, 6) is -0.560. The summed E-state index contributed by atoms with van der Waals surface area (Å²) < 4.78 is 7.51. The Labute approximate surface area is 226 Å². The van der Waals surface area contributed by atoms with Gasteiger partial charge < -0.3 is 15.8 Å². The molecule has 9 nitrogen and oxygen atoms in total. The van der Waals surface area contributed by atoms with Crippen LogP contribution in [0.1, 0.15) is 39.0 Å². The molecule has 0 bridgehead atoms. The summed E-state index contributed by atoms with van der Waals surface area (Å²) >= 11 is 0. The van der Waals surface area contributed by atoms with Crippen molar-refractivity contribution in [3.63, 3.8) is 0 Å². The Hall–Kier alpha value is -4.81. The van der Waals surface area contributed by atoms with Gasteiger partial charge in [0.25, 0.3) is 0 Å². The van der Waals surface area contributed by atoms with Crippen LogP contribution in [0.5, 0.6) is 0 Å². The Morgan fingerprint density at radius 1 is 1.15 bits per heavy atom. The molecule has 2 unspecified atom stereocenters. The number of nitrogens with one attached hydrogen (secondary N) is 1. The van der Waals surface area contributed by atoms with E-state index in [1.807, 2.05) is 38.2 Å². The number of esters is 1. The highest BCUT2D eigenvalue weighted by molar-refractivity contribution is 5.99. The van der Waals surface area contributed by atoms with E-state index < -0.39 is 18.2 Å². The van der Waals surface area contributed by atoms with E-state index in [-0.39, 0.29) is 11.8 Å². The number of pyridine rings is 2. The van der Waals surface area contributed by atoms with Gasteiger partial charge in [0.2, 0.25) is 5.91 Å². The van der Waals surface area contributed by atoms with Gasteiger partial charge in [-0.1, -0.05) is 32.6 Å². The van der Waals surface area contributed by atoms with Gasteiger partial charge in [0.1, 0.15) is 11.7 Å².